The van der Waals surface area contributed by atoms with E-state index < -0.39 is 0 Å². The van der Waals surface area contributed by atoms with Crippen LogP contribution in [-0.2, 0) is 0 Å². The Morgan fingerprint density at radius 1 is 1.35 bits per heavy atom. The van der Waals surface area contributed by atoms with Gasteiger partial charge in [0.2, 0.25) is 0 Å². The molecule has 0 aliphatic heterocycles. The van der Waals surface area contributed by atoms with Gasteiger partial charge in [0, 0.05) is 23.7 Å². The van der Waals surface area contributed by atoms with E-state index >= 15 is 0 Å². The third-order valence-electron chi connectivity index (χ3n) is 4.24. The summed E-state index contributed by atoms with van der Waals surface area (Å²) in [7, 11) is 0. The van der Waals surface area contributed by atoms with Crippen LogP contribution >= 0.6 is 11.8 Å². The molecule has 112 valence electrons. The van der Waals surface area contributed by atoms with E-state index in [0.29, 0.717) is 11.3 Å². The van der Waals surface area contributed by atoms with E-state index in [1.807, 2.05) is 18.0 Å². The van der Waals surface area contributed by atoms with Gasteiger partial charge < -0.3 is 5.32 Å². The van der Waals surface area contributed by atoms with E-state index in [2.05, 4.69) is 36.1 Å². The predicted octanol–water partition coefficient (Wildman–Crippen LogP) is 3.76. The fourth-order valence-electron chi connectivity index (χ4n) is 2.96. The Morgan fingerprint density at radius 2 is 2.20 bits per heavy atom. The standard InChI is InChI=1S/C16H27N3S/c1-4-7-18-14-6-5-13(12(2)3)10-15(14)20-16-11-17-8-9-19-16/h8-9,11-15,18H,4-7,10H2,1-3H3. The number of aromatic nitrogens is 2. The highest BCUT2D eigenvalue weighted by Gasteiger charge is 2.32. The molecule has 1 saturated carbocycles. The Morgan fingerprint density at radius 3 is 2.85 bits per heavy atom. The number of thioether (sulfide) groups is 1. The quantitative estimate of drug-likeness (QED) is 0.866. The van der Waals surface area contributed by atoms with Crippen molar-refractivity contribution in [2.45, 2.75) is 62.8 Å². The number of hydrogen-bond donors (Lipinski definition) is 1. The van der Waals surface area contributed by atoms with Gasteiger partial charge in [-0.25, -0.2) is 4.98 Å². The lowest BCUT2D eigenvalue weighted by atomic mass is 9.79. The van der Waals surface area contributed by atoms with Gasteiger partial charge in [0.25, 0.3) is 0 Å². The summed E-state index contributed by atoms with van der Waals surface area (Å²) in [4.78, 5) is 8.62. The van der Waals surface area contributed by atoms with Crippen LogP contribution in [0.5, 0.6) is 0 Å². The largest absolute Gasteiger partial charge is 0.313 e. The van der Waals surface area contributed by atoms with Crippen LogP contribution < -0.4 is 5.32 Å². The molecule has 0 aromatic carbocycles. The molecule has 1 N–H and O–H groups in total. The van der Waals surface area contributed by atoms with Crippen LogP contribution in [0.3, 0.4) is 0 Å². The number of nitrogens with one attached hydrogen (secondary N) is 1. The molecule has 3 nitrogen and oxygen atoms in total. The second kappa shape index (κ2) is 7.99. The third-order valence-corrected chi connectivity index (χ3v) is 5.52. The van der Waals surface area contributed by atoms with Crippen molar-refractivity contribution < 1.29 is 0 Å². The van der Waals surface area contributed by atoms with Crippen molar-refractivity contribution >= 4 is 11.8 Å². The van der Waals surface area contributed by atoms with E-state index in [0.717, 1.165) is 23.4 Å². The minimum Gasteiger partial charge on any atom is -0.313 e. The molecular formula is C16H27N3S. The van der Waals surface area contributed by atoms with E-state index in [4.69, 9.17) is 0 Å². The molecule has 4 heteroatoms. The van der Waals surface area contributed by atoms with Crippen LogP contribution in [0.4, 0.5) is 0 Å². The predicted molar refractivity (Wildman–Crippen MR) is 85.9 cm³/mol. The van der Waals surface area contributed by atoms with Crippen LogP contribution in [0.15, 0.2) is 23.6 Å². The minimum absolute atomic E-state index is 0.622. The molecule has 1 aromatic rings. The molecule has 3 atom stereocenters. The van der Waals surface area contributed by atoms with Crippen molar-refractivity contribution in [1.82, 2.24) is 15.3 Å². The summed E-state index contributed by atoms with van der Waals surface area (Å²) in [5, 5.41) is 5.42. The lowest BCUT2D eigenvalue weighted by Gasteiger charge is -2.37. The SMILES string of the molecule is CCCNC1CCC(C(C)C)CC1Sc1cnccn1. The van der Waals surface area contributed by atoms with Crippen molar-refractivity contribution in [3.05, 3.63) is 18.6 Å². The molecule has 1 aromatic heterocycles. The second-order valence-corrected chi connectivity index (χ2v) is 7.34. The maximum absolute atomic E-state index is 4.43. The minimum atomic E-state index is 0.622. The first-order valence-electron chi connectivity index (χ1n) is 7.86. The maximum atomic E-state index is 4.43. The Bertz CT molecular complexity index is 383. The zero-order valence-corrected chi connectivity index (χ0v) is 13.7. The molecule has 2 rings (SSSR count). The molecule has 1 aliphatic rings. The van der Waals surface area contributed by atoms with Crippen molar-refractivity contribution in [2.75, 3.05) is 6.54 Å². The van der Waals surface area contributed by atoms with Gasteiger partial charge in [0.05, 0.1) is 6.20 Å². The highest BCUT2D eigenvalue weighted by Crippen LogP contribution is 2.38. The molecule has 0 spiro atoms. The monoisotopic (exact) mass is 293 g/mol. The van der Waals surface area contributed by atoms with Crippen molar-refractivity contribution in [3.63, 3.8) is 0 Å². The molecule has 1 heterocycles. The normalized spacial score (nSPS) is 26.9. The lowest BCUT2D eigenvalue weighted by molar-refractivity contribution is 0.246. The fraction of sp³-hybridized carbons (Fsp3) is 0.750. The number of nitrogens with zero attached hydrogens (tertiary/aromatic N) is 2. The van der Waals surface area contributed by atoms with Gasteiger partial charge in [-0.1, -0.05) is 32.5 Å². The van der Waals surface area contributed by atoms with Crippen LogP contribution in [-0.4, -0.2) is 27.8 Å². The van der Waals surface area contributed by atoms with Crippen molar-refractivity contribution in [3.8, 4) is 0 Å². The maximum Gasteiger partial charge on any atom is 0.115 e. The van der Waals surface area contributed by atoms with E-state index in [-0.39, 0.29) is 0 Å². The van der Waals surface area contributed by atoms with Gasteiger partial charge in [-0.15, -0.1) is 0 Å². The van der Waals surface area contributed by atoms with E-state index in [1.54, 1.807) is 12.4 Å². The molecule has 0 bridgehead atoms. The molecule has 1 aliphatic carbocycles. The Balaban J connectivity index is 2.01. The van der Waals surface area contributed by atoms with Crippen LogP contribution in [0, 0.1) is 11.8 Å². The van der Waals surface area contributed by atoms with E-state index in [9.17, 15) is 0 Å². The van der Waals surface area contributed by atoms with Gasteiger partial charge in [0.15, 0.2) is 0 Å². The second-order valence-electron chi connectivity index (χ2n) is 6.08. The molecule has 3 unspecified atom stereocenters. The van der Waals surface area contributed by atoms with Crippen molar-refractivity contribution in [1.29, 1.82) is 0 Å². The summed E-state index contributed by atoms with van der Waals surface area (Å²) >= 11 is 1.91. The number of hydrogen-bond acceptors (Lipinski definition) is 4. The van der Waals surface area contributed by atoms with Gasteiger partial charge in [-0.2, -0.15) is 0 Å². The first-order valence-corrected chi connectivity index (χ1v) is 8.74. The number of rotatable bonds is 6. The molecule has 0 radical (unpaired) electrons. The van der Waals surface area contributed by atoms with Crippen LogP contribution in [0.2, 0.25) is 0 Å². The molecule has 0 saturated heterocycles. The Labute approximate surface area is 127 Å². The fourth-order valence-corrected chi connectivity index (χ4v) is 4.25. The van der Waals surface area contributed by atoms with Crippen LogP contribution in [0.1, 0.15) is 46.5 Å². The van der Waals surface area contributed by atoms with Gasteiger partial charge in [-0.3, -0.25) is 4.98 Å². The average Bonchev–Trinajstić information content (AvgIpc) is 2.47. The summed E-state index contributed by atoms with van der Waals surface area (Å²) in [6, 6.07) is 0.622. The summed E-state index contributed by atoms with van der Waals surface area (Å²) < 4.78 is 0. The molecule has 0 amide bonds. The molecular weight excluding hydrogens is 266 g/mol. The molecule has 20 heavy (non-hydrogen) atoms. The van der Waals surface area contributed by atoms with Gasteiger partial charge >= 0.3 is 0 Å². The van der Waals surface area contributed by atoms with Crippen molar-refractivity contribution in [2.24, 2.45) is 11.8 Å². The topological polar surface area (TPSA) is 37.8 Å². The zero-order chi connectivity index (χ0) is 14.4. The van der Waals surface area contributed by atoms with Crippen LogP contribution in [0.25, 0.3) is 0 Å². The highest BCUT2D eigenvalue weighted by molar-refractivity contribution is 7.99. The third kappa shape index (κ3) is 4.45. The zero-order valence-electron chi connectivity index (χ0n) is 12.9. The Hall–Kier alpha value is -0.610. The molecule has 1 fully saturated rings. The summed E-state index contributed by atoms with van der Waals surface area (Å²) in [5.41, 5.74) is 0. The average molecular weight is 293 g/mol. The van der Waals surface area contributed by atoms with E-state index in [1.165, 1.54) is 25.7 Å². The highest BCUT2D eigenvalue weighted by atomic mass is 32.2. The Kier molecular flexibility index (Phi) is 6.30. The first-order chi connectivity index (χ1) is 9.70. The smallest absolute Gasteiger partial charge is 0.115 e. The summed E-state index contributed by atoms with van der Waals surface area (Å²) in [6.45, 7) is 8.06. The first kappa shape index (κ1) is 15.8. The summed E-state index contributed by atoms with van der Waals surface area (Å²) in [6.07, 6.45) is 10.6. The lowest BCUT2D eigenvalue weighted by Crippen LogP contribution is -2.43. The summed E-state index contributed by atoms with van der Waals surface area (Å²) in [5.74, 6) is 1.64. The van der Waals surface area contributed by atoms with Gasteiger partial charge in [-0.05, 0) is 44.1 Å². The van der Waals surface area contributed by atoms with Gasteiger partial charge in [0.1, 0.15) is 5.03 Å².